The van der Waals surface area contributed by atoms with Crippen LogP contribution in [0.5, 0.6) is 0 Å². The van der Waals surface area contributed by atoms with Gasteiger partial charge in [-0.3, -0.25) is 9.67 Å². The summed E-state index contributed by atoms with van der Waals surface area (Å²) in [5, 5.41) is 11.5. The summed E-state index contributed by atoms with van der Waals surface area (Å²) in [5.41, 5.74) is 1.27. The predicted molar refractivity (Wildman–Crippen MR) is 86.9 cm³/mol. The van der Waals surface area contributed by atoms with Gasteiger partial charge in [0.25, 0.3) is 0 Å². The van der Waals surface area contributed by atoms with Crippen LogP contribution < -0.4 is 10.6 Å². The van der Waals surface area contributed by atoms with E-state index in [-0.39, 0.29) is 0 Å². The highest BCUT2D eigenvalue weighted by Gasteiger charge is 2.39. The van der Waals surface area contributed by atoms with Crippen LogP contribution in [-0.2, 0) is 13.6 Å². The fourth-order valence-electron chi connectivity index (χ4n) is 2.47. The average Bonchev–Trinajstić information content (AvgIpc) is 3.17. The minimum absolute atomic E-state index is 0.393. The van der Waals surface area contributed by atoms with Crippen molar-refractivity contribution in [2.45, 2.75) is 24.9 Å². The maximum Gasteiger partial charge on any atom is 0.191 e. The molecule has 0 spiro atoms. The molecular formula is C15H19ClN6. The quantitative estimate of drug-likeness (QED) is 0.665. The van der Waals surface area contributed by atoms with Crippen molar-refractivity contribution in [1.82, 2.24) is 25.4 Å². The van der Waals surface area contributed by atoms with Crippen molar-refractivity contribution in [1.29, 1.82) is 0 Å². The molecule has 2 N–H and O–H groups in total. The summed E-state index contributed by atoms with van der Waals surface area (Å²) < 4.78 is 1.74. The van der Waals surface area contributed by atoms with Gasteiger partial charge in [0.1, 0.15) is 12.2 Å². The van der Waals surface area contributed by atoms with Crippen LogP contribution in [0.4, 0.5) is 0 Å². The summed E-state index contributed by atoms with van der Waals surface area (Å²) in [6.07, 6.45) is 2.63. The van der Waals surface area contributed by atoms with Gasteiger partial charge in [-0.15, -0.1) is 0 Å². The smallest absolute Gasteiger partial charge is 0.191 e. The van der Waals surface area contributed by atoms with Gasteiger partial charge in [-0.1, -0.05) is 23.7 Å². The molecule has 22 heavy (non-hydrogen) atoms. The molecule has 1 aromatic heterocycles. The van der Waals surface area contributed by atoms with Gasteiger partial charge >= 0.3 is 0 Å². The molecule has 0 radical (unpaired) electrons. The number of aromatic nitrogens is 3. The molecule has 2 unspecified atom stereocenters. The summed E-state index contributed by atoms with van der Waals surface area (Å²) in [7, 11) is 3.64. The molecule has 3 rings (SSSR count). The van der Waals surface area contributed by atoms with Gasteiger partial charge in [0.15, 0.2) is 5.96 Å². The Morgan fingerprint density at radius 3 is 3.05 bits per heavy atom. The molecule has 1 aromatic carbocycles. The van der Waals surface area contributed by atoms with Gasteiger partial charge in [-0.25, -0.2) is 4.98 Å². The fraction of sp³-hybridized carbons (Fsp3) is 0.400. The third-order valence-corrected chi connectivity index (χ3v) is 4.07. The number of aliphatic imine (C=N–C) groups is 1. The van der Waals surface area contributed by atoms with E-state index in [1.165, 1.54) is 5.56 Å². The molecular weight excluding hydrogens is 300 g/mol. The summed E-state index contributed by atoms with van der Waals surface area (Å²) in [6.45, 7) is 0.588. The third-order valence-electron chi connectivity index (χ3n) is 3.83. The second-order valence-corrected chi connectivity index (χ2v) is 5.81. The molecule has 116 valence electrons. The van der Waals surface area contributed by atoms with E-state index in [4.69, 9.17) is 11.6 Å². The SMILES string of the molecule is CN=C(NCc1ncnn1C)NC1CC1c1cccc(Cl)c1. The number of aryl methyl sites for hydroxylation is 1. The van der Waals surface area contributed by atoms with Crippen LogP contribution in [0.15, 0.2) is 35.6 Å². The van der Waals surface area contributed by atoms with Crippen molar-refractivity contribution in [2.24, 2.45) is 12.0 Å². The van der Waals surface area contributed by atoms with E-state index in [0.717, 1.165) is 23.2 Å². The first-order valence-corrected chi connectivity index (χ1v) is 7.60. The molecule has 1 aliphatic carbocycles. The Morgan fingerprint density at radius 1 is 1.50 bits per heavy atom. The summed E-state index contributed by atoms with van der Waals surface area (Å²) >= 11 is 6.05. The van der Waals surface area contributed by atoms with Crippen LogP contribution in [0.3, 0.4) is 0 Å². The van der Waals surface area contributed by atoms with E-state index in [1.54, 1.807) is 18.1 Å². The Labute approximate surface area is 134 Å². The predicted octanol–water partition coefficient (Wildman–Crippen LogP) is 1.69. The highest BCUT2D eigenvalue weighted by Crippen LogP contribution is 2.41. The van der Waals surface area contributed by atoms with E-state index in [2.05, 4.69) is 31.8 Å². The molecule has 6 nitrogen and oxygen atoms in total. The zero-order valence-corrected chi connectivity index (χ0v) is 13.4. The summed E-state index contributed by atoms with van der Waals surface area (Å²) in [6, 6.07) is 8.44. The first-order valence-electron chi connectivity index (χ1n) is 7.23. The second-order valence-electron chi connectivity index (χ2n) is 5.37. The third kappa shape index (κ3) is 3.39. The van der Waals surface area contributed by atoms with Crippen molar-refractivity contribution in [3.8, 4) is 0 Å². The van der Waals surface area contributed by atoms with Crippen molar-refractivity contribution < 1.29 is 0 Å². The molecule has 1 heterocycles. The van der Waals surface area contributed by atoms with Crippen LogP contribution in [0.25, 0.3) is 0 Å². The minimum atomic E-state index is 0.393. The molecule has 2 aromatic rings. The lowest BCUT2D eigenvalue weighted by Crippen LogP contribution is -2.39. The van der Waals surface area contributed by atoms with Crippen LogP contribution in [0.2, 0.25) is 5.02 Å². The summed E-state index contributed by atoms with van der Waals surface area (Å²) in [5.74, 6) is 2.13. The van der Waals surface area contributed by atoms with E-state index < -0.39 is 0 Å². The van der Waals surface area contributed by atoms with Gasteiger partial charge in [0.05, 0.1) is 6.54 Å². The van der Waals surface area contributed by atoms with Crippen molar-refractivity contribution in [2.75, 3.05) is 7.05 Å². The largest absolute Gasteiger partial charge is 0.353 e. The van der Waals surface area contributed by atoms with E-state index >= 15 is 0 Å². The van der Waals surface area contributed by atoms with Crippen LogP contribution in [0.1, 0.15) is 23.7 Å². The monoisotopic (exact) mass is 318 g/mol. The first-order chi connectivity index (χ1) is 10.7. The van der Waals surface area contributed by atoms with Crippen LogP contribution in [0, 0.1) is 0 Å². The first kappa shape index (κ1) is 14.8. The van der Waals surface area contributed by atoms with Crippen molar-refractivity contribution in [3.05, 3.63) is 47.0 Å². The standard InChI is InChI=1S/C15H19ClN6/c1-17-15(18-8-14-19-9-20-22(14)2)21-13-7-12(13)10-4-3-5-11(16)6-10/h3-6,9,12-13H,7-8H2,1-2H3,(H2,17,18,21). The molecule has 1 aliphatic rings. The number of nitrogens with zero attached hydrogens (tertiary/aromatic N) is 4. The Bertz CT molecular complexity index is 680. The van der Waals surface area contributed by atoms with Gasteiger partial charge in [0.2, 0.25) is 0 Å². The van der Waals surface area contributed by atoms with E-state index in [1.807, 2.05) is 25.2 Å². The molecule has 7 heteroatoms. The Hall–Kier alpha value is -2.08. The lowest BCUT2D eigenvalue weighted by Gasteiger charge is -2.11. The second kappa shape index (κ2) is 6.36. The maximum absolute atomic E-state index is 6.05. The van der Waals surface area contributed by atoms with Gasteiger partial charge in [-0.2, -0.15) is 5.10 Å². The van der Waals surface area contributed by atoms with Gasteiger partial charge in [0, 0.05) is 31.1 Å². The Morgan fingerprint density at radius 2 is 2.36 bits per heavy atom. The minimum Gasteiger partial charge on any atom is -0.353 e. The fourth-order valence-corrected chi connectivity index (χ4v) is 2.67. The number of hydrogen-bond acceptors (Lipinski definition) is 3. The van der Waals surface area contributed by atoms with Gasteiger partial charge in [-0.05, 0) is 24.1 Å². The molecule has 2 atom stereocenters. The van der Waals surface area contributed by atoms with E-state index in [0.29, 0.717) is 18.5 Å². The number of halogens is 1. The molecule has 1 fully saturated rings. The van der Waals surface area contributed by atoms with Crippen molar-refractivity contribution in [3.63, 3.8) is 0 Å². The average molecular weight is 319 g/mol. The van der Waals surface area contributed by atoms with Crippen LogP contribution >= 0.6 is 11.6 Å². The van der Waals surface area contributed by atoms with Crippen LogP contribution in [-0.4, -0.2) is 33.8 Å². The lowest BCUT2D eigenvalue weighted by atomic mass is 10.1. The number of hydrogen-bond donors (Lipinski definition) is 2. The molecule has 0 saturated heterocycles. The van der Waals surface area contributed by atoms with Gasteiger partial charge < -0.3 is 10.6 Å². The van der Waals surface area contributed by atoms with Crippen molar-refractivity contribution >= 4 is 17.6 Å². The maximum atomic E-state index is 6.05. The molecule has 1 saturated carbocycles. The highest BCUT2D eigenvalue weighted by atomic mass is 35.5. The number of rotatable bonds is 4. The normalized spacial score (nSPS) is 20.8. The zero-order valence-electron chi connectivity index (χ0n) is 12.6. The lowest BCUT2D eigenvalue weighted by molar-refractivity contribution is 0.671. The van der Waals surface area contributed by atoms with E-state index in [9.17, 15) is 0 Å². The molecule has 0 bridgehead atoms. The molecule has 0 aliphatic heterocycles. The number of nitrogens with one attached hydrogen (secondary N) is 2. The summed E-state index contributed by atoms with van der Waals surface area (Å²) in [4.78, 5) is 8.43. The zero-order chi connectivity index (χ0) is 15.5. The Kier molecular flexibility index (Phi) is 4.29. The topological polar surface area (TPSA) is 67.1 Å². The Balaban J connectivity index is 1.53. The number of benzene rings is 1. The molecule has 0 amide bonds. The number of guanidine groups is 1. The highest BCUT2D eigenvalue weighted by molar-refractivity contribution is 6.30.